The topological polar surface area (TPSA) is 120 Å². The van der Waals surface area contributed by atoms with E-state index >= 15 is 8.78 Å². The molecule has 5 rings (SSSR count). The van der Waals surface area contributed by atoms with Crippen LogP contribution in [0, 0.1) is 28.9 Å². The summed E-state index contributed by atoms with van der Waals surface area (Å²) < 4.78 is 48.4. The third-order valence-electron chi connectivity index (χ3n) is 9.85. The predicted octanol–water partition coefficient (Wildman–Crippen LogP) is 7.33. The number of nitrogens with zero attached hydrogens (tertiary/aromatic N) is 1. The van der Waals surface area contributed by atoms with Gasteiger partial charge in [-0.3, -0.25) is 9.69 Å². The highest BCUT2D eigenvalue weighted by Crippen LogP contribution is 2.57. The second-order valence-electron chi connectivity index (χ2n) is 14.3. The number of halogens is 4. The van der Waals surface area contributed by atoms with E-state index in [9.17, 15) is 14.4 Å². The van der Waals surface area contributed by atoms with Gasteiger partial charge in [0.15, 0.2) is 0 Å². The Labute approximate surface area is 306 Å². The number of carbonyl (C=O) groups excluding carboxylic acids is 3. The van der Waals surface area contributed by atoms with Crippen molar-refractivity contribution < 1.29 is 37.4 Å². The molecule has 1 heterocycles. The highest BCUT2D eigenvalue weighted by Gasteiger charge is 2.64. The van der Waals surface area contributed by atoms with Gasteiger partial charge in [0.2, 0.25) is 0 Å². The summed E-state index contributed by atoms with van der Waals surface area (Å²) in [6.45, 7) is 7.86. The molecule has 1 unspecified atom stereocenters. The van der Waals surface area contributed by atoms with Crippen LogP contribution in [0.1, 0.15) is 67.9 Å². The number of anilines is 1. The Morgan fingerprint density at radius 3 is 2.45 bits per heavy atom. The van der Waals surface area contributed by atoms with Gasteiger partial charge in [-0.1, -0.05) is 62.2 Å². The number of benzene rings is 3. The van der Waals surface area contributed by atoms with Gasteiger partial charge in [0.05, 0.1) is 60.8 Å². The lowest BCUT2D eigenvalue weighted by Gasteiger charge is -2.44. The molecule has 2 fully saturated rings. The molecule has 3 aromatic rings. The van der Waals surface area contributed by atoms with Crippen molar-refractivity contribution in [3.63, 3.8) is 0 Å². The fourth-order valence-electron chi connectivity index (χ4n) is 7.59. The first kappa shape index (κ1) is 38.5. The highest BCUT2D eigenvalue weighted by atomic mass is 35.5. The maximum Gasteiger partial charge on any atom is 0.337 e. The lowest BCUT2D eigenvalue weighted by molar-refractivity contribution is -0.145. The summed E-state index contributed by atoms with van der Waals surface area (Å²) in [7, 11) is 2.71. The molecule has 1 aliphatic heterocycles. The van der Waals surface area contributed by atoms with Gasteiger partial charge in [0, 0.05) is 28.5 Å². The van der Waals surface area contributed by atoms with Gasteiger partial charge >= 0.3 is 11.9 Å². The van der Waals surface area contributed by atoms with Gasteiger partial charge in [0.25, 0.3) is 0 Å². The maximum atomic E-state index is 16.3. The van der Waals surface area contributed by atoms with Crippen LogP contribution in [0.4, 0.5) is 14.5 Å². The standard InChI is InChI=1S/C38H43Cl2F2N3O6/c1-7-51-36(48)24-17-23(24)34(44-28-14-11-20(35(47)50-6)15-30(28)49-5)45-29(19-46)32(22-9-8-10-26(40)33(22)42)38(43,31(45)18-37(2,3)4)25-13-12-21(39)16-27(25)41/h8-16,19,23-24,29,31-32,34,44H,7,17-18,43H2,1-6H3/t23-,24?,29+,31+,32+,34-,38-/m1/s1. The van der Waals surface area contributed by atoms with E-state index in [2.05, 4.69) is 5.32 Å². The van der Waals surface area contributed by atoms with E-state index in [0.29, 0.717) is 24.8 Å². The number of hydrogen-bond acceptors (Lipinski definition) is 9. The number of aldehydes is 1. The van der Waals surface area contributed by atoms with E-state index in [4.69, 9.17) is 43.1 Å². The molecule has 0 radical (unpaired) electrons. The second kappa shape index (κ2) is 15.1. The van der Waals surface area contributed by atoms with Gasteiger partial charge in [-0.05, 0) is 67.1 Å². The number of nitrogens with two attached hydrogens (primary N) is 1. The van der Waals surface area contributed by atoms with Crippen molar-refractivity contribution in [2.75, 3.05) is 26.1 Å². The van der Waals surface area contributed by atoms with Gasteiger partial charge in [0.1, 0.15) is 23.7 Å². The van der Waals surface area contributed by atoms with Crippen molar-refractivity contribution in [3.8, 4) is 5.75 Å². The van der Waals surface area contributed by atoms with Gasteiger partial charge in [-0.15, -0.1) is 0 Å². The zero-order chi connectivity index (χ0) is 37.4. The number of hydrogen-bond donors (Lipinski definition) is 2. The van der Waals surface area contributed by atoms with Crippen LogP contribution in [-0.2, 0) is 24.6 Å². The Balaban J connectivity index is 1.79. The molecule has 51 heavy (non-hydrogen) atoms. The van der Waals surface area contributed by atoms with Crippen LogP contribution in [0.5, 0.6) is 5.75 Å². The van der Waals surface area contributed by atoms with Crippen LogP contribution in [0.15, 0.2) is 54.6 Å². The molecule has 1 saturated heterocycles. The van der Waals surface area contributed by atoms with E-state index in [-0.39, 0.29) is 39.1 Å². The summed E-state index contributed by atoms with van der Waals surface area (Å²) in [4.78, 5) is 41.0. The Morgan fingerprint density at radius 2 is 1.84 bits per heavy atom. The average molecular weight is 747 g/mol. The molecule has 0 aromatic heterocycles. The molecule has 7 atom stereocenters. The van der Waals surface area contributed by atoms with Crippen molar-refractivity contribution in [2.24, 2.45) is 23.0 Å². The lowest BCUT2D eigenvalue weighted by Crippen LogP contribution is -2.57. The van der Waals surface area contributed by atoms with Gasteiger partial charge < -0.3 is 30.1 Å². The molecule has 274 valence electrons. The highest BCUT2D eigenvalue weighted by molar-refractivity contribution is 6.31. The first-order valence-electron chi connectivity index (χ1n) is 16.7. The second-order valence-corrected chi connectivity index (χ2v) is 15.1. The zero-order valence-electron chi connectivity index (χ0n) is 29.3. The average Bonchev–Trinajstić information content (AvgIpc) is 3.84. The van der Waals surface area contributed by atoms with Crippen molar-refractivity contribution >= 4 is 47.1 Å². The van der Waals surface area contributed by atoms with Crippen molar-refractivity contribution in [1.82, 2.24) is 4.90 Å². The first-order valence-corrected chi connectivity index (χ1v) is 17.5. The molecule has 3 N–H and O–H groups in total. The lowest BCUT2D eigenvalue weighted by atomic mass is 9.68. The Hall–Kier alpha value is -3.77. The van der Waals surface area contributed by atoms with E-state index in [1.807, 2.05) is 25.7 Å². The molecule has 13 heteroatoms. The molecular weight excluding hydrogens is 703 g/mol. The summed E-state index contributed by atoms with van der Waals surface area (Å²) >= 11 is 12.5. The third kappa shape index (κ3) is 7.44. The minimum Gasteiger partial charge on any atom is -0.495 e. The van der Waals surface area contributed by atoms with Crippen LogP contribution < -0.4 is 15.8 Å². The van der Waals surface area contributed by atoms with Gasteiger partial charge in [-0.2, -0.15) is 0 Å². The Morgan fingerprint density at radius 1 is 1.12 bits per heavy atom. The van der Waals surface area contributed by atoms with E-state index in [1.165, 1.54) is 44.6 Å². The predicted molar refractivity (Wildman–Crippen MR) is 191 cm³/mol. The smallest absolute Gasteiger partial charge is 0.337 e. The van der Waals surface area contributed by atoms with Crippen LogP contribution >= 0.6 is 23.2 Å². The molecule has 0 bridgehead atoms. The van der Waals surface area contributed by atoms with Crippen molar-refractivity contribution in [2.45, 2.75) is 70.2 Å². The summed E-state index contributed by atoms with van der Waals surface area (Å²) in [5.41, 5.74) is 6.11. The third-order valence-corrected chi connectivity index (χ3v) is 10.4. The minimum absolute atomic E-state index is 0.0364. The number of rotatable bonds is 12. The molecular formula is C38H43Cl2F2N3O6. The number of carbonyl (C=O) groups is 3. The Kier molecular flexibility index (Phi) is 11.4. The molecule has 9 nitrogen and oxygen atoms in total. The van der Waals surface area contributed by atoms with Crippen LogP contribution in [0.25, 0.3) is 0 Å². The molecule has 1 aliphatic carbocycles. The van der Waals surface area contributed by atoms with Crippen LogP contribution in [0.2, 0.25) is 10.0 Å². The van der Waals surface area contributed by atoms with E-state index in [1.54, 1.807) is 25.1 Å². The zero-order valence-corrected chi connectivity index (χ0v) is 30.9. The van der Waals surface area contributed by atoms with Crippen LogP contribution in [0.3, 0.4) is 0 Å². The molecule has 1 saturated carbocycles. The number of esters is 2. The number of methoxy groups -OCH3 is 2. The normalized spacial score (nSPS) is 25.2. The fourth-order valence-corrected chi connectivity index (χ4v) is 7.93. The molecule has 0 amide bonds. The monoisotopic (exact) mass is 745 g/mol. The largest absolute Gasteiger partial charge is 0.495 e. The maximum absolute atomic E-state index is 16.3. The quantitative estimate of drug-likeness (QED) is 0.145. The van der Waals surface area contributed by atoms with E-state index < -0.39 is 70.5 Å². The van der Waals surface area contributed by atoms with Crippen LogP contribution in [-0.4, -0.2) is 62.2 Å². The number of nitrogens with one attached hydrogen (secondary N) is 1. The van der Waals surface area contributed by atoms with Crippen molar-refractivity contribution in [1.29, 1.82) is 0 Å². The van der Waals surface area contributed by atoms with Crippen molar-refractivity contribution in [3.05, 3.63) is 93.0 Å². The first-order chi connectivity index (χ1) is 24.1. The molecule has 0 spiro atoms. The molecule has 2 aliphatic rings. The van der Waals surface area contributed by atoms with Gasteiger partial charge in [-0.25, -0.2) is 13.6 Å². The minimum atomic E-state index is -1.74. The molecule has 3 aromatic carbocycles. The van der Waals surface area contributed by atoms with E-state index in [0.717, 1.165) is 6.07 Å². The SMILES string of the molecule is CCOC(=O)C1C[C@H]1[C@H](Nc1ccc(C(=O)OC)cc1OC)N1[C@@H](CC(C)(C)C)[C@](N)(c2ccc(Cl)cc2F)[C@@H](c2cccc(Cl)c2F)[C@@H]1C=O. The summed E-state index contributed by atoms with van der Waals surface area (Å²) in [5, 5.41) is 3.45. The number of likely N-dealkylation sites (tertiary alicyclic amines) is 1. The number of ether oxygens (including phenoxy) is 3. The summed E-state index contributed by atoms with van der Waals surface area (Å²) in [6, 6.07) is 11.3. The summed E-state index contributed by atoms with van der Waals surface area (Å²) in [6.07, 6.45) is 0.566. The summed E-state index contributed by atoms with van der Waals surface area (Å²) in [5.74, 6) is -4.34. The Bertz CT molecular complexity index is 1810. The fraction of sp³-hybridized carbons (Fsp3) is 0.447.